The Morgan fingerprint density at radius 3 is 2.68 bits per heavy atom. The van der Waals surface area contributed by atoms with E-state index in [9.17, 15) is 0 Å². The zero-order chi connectivity index (χ0) is 13.7. The van der Waals surface area contributed by atoms with Crippen molar-refractivity contribution in [2.24, 2.45) is 0 Å². The van der Waals surface area contributed by atoms with Crippen molar-refractivity contribution in [3.8, 4) is 11.6 Å². The average molecular weight is 258 g/mol. The van der Waals surface area contributed by atoms with Crippen molar-refractivity contribution in [2.45, 2.75) is 13.0 Å². The van der Waals surface area contributed by atoms with Gasteiger partial charge < -0.3 is 14.8 Å². The molecule has 0 fully saturated rings. The number of anilines is 1. The minimum absolute atomic E-state index is 0.133. The number of aromatic nitrogens is 1. The molecule has 1 aromatic heterocycles. The third-order valence-electron chi connectivity index (χ3n) is 2.93. The smallest absolute Gasteiger partial charge is 0.237 e. The first-order valence-corrected chi connectivity index (χ1v) is 6.14. The van der Waals surface area contributed by atoms with E-state index < -0.39 is 0 Å². The molecule has 0 aliphatic carbocycles. The Bertz CT molecular complexity index is 543. The standard InChI is InChI=1S/C15H18N2O2/c1-11(12-6-4-7-13(10-12)18-2)17-14-8-5-9-16-15(14)19-3/h4-11,17H,1-3H3. The van der Waals surface area contributed by atoms with Gasteiger partial charge in [0.2, 0.25) is 5.88 Å². The molecule has 0 radical (unpaired) electrons. The normalized spacial score (nSPS) is 11.7. The molecule has 0 bridgehead atoms. The predicted octanol–water partition coefficient (Wildman–Crippen LogP) is 3.27. The van der Waals surface area contributed by atoms with E-state index in [0.717, 1.165) is 17.0 Å². The van der Waals surface area contributed by atoms with Gasteiger partial charge >= 0.3 is 0 Å². The van der Waals surface area contributed by atoms with Gasteiger partial charge in [0.1, 0.15) is 5.75 Å². The lowest BCUT2D eigenvalue weighted by molar-refractivity contribution is 0.399. The zero-order valence-corrected chi connectivity index (χ0v) is 11.4. The fourth-order valence-electron chi connectivity index (χ4n) is 1.89. The maximum Gasteiger partial charge on any atom is 0.237 e. The third-order valence-corrected chi connectivity index (χ3v) is 2.93. The Balaban J connectivity index is 2.18. The fourth-order valence-corrected chi connectivity index (χ4v) is 1.89. The molecule has 1 atom stereocenters. The number of methoxy groups -OCH3 is 2. The van der Waals surface area contributed by atoms with E-state index in [-0.39, 0.29) is 6.04 Å². The van der Waals surface area contributed by atoms with Crippen molar-refractivity contribution < 1.29 is 9.47 Å². The fraction of sp³-hybridized carbons (Fsp3) is 0.267. The van der Waals surface area contributed by atoms with Gasteiger partial charge in [-0.15, -0.1) is 0 Å². The van der Waals surface area contributed by atoms with E-state index in [1.54, 1.807) is 20.4 Å². The topological polar surface area (TPSA) is 43.4 Å². The molecule has 0 amide bonds. The summed E-state index contributed by atoms with van der Waals surface area (Å²) in [5.41, 5.74) is 2.02. The first-order chi connectivity index (χ1) is 9.24. The largest absolute Gasteiger partial charge is 0.497 e. The van der Waals surface area contributed by atoms with Gasteiger partial charge in [-0.25, -0.2) is 4.98 Å². The van der Waals surface area contributed by atoms with Gasteiger partial charge in [-0.2, -0.15) is 0 Å². The second kappa shape index (κ2) is 6.09. The molecule has 19 heavy (non-hydrogen) atoms. The van der Waals surface area contributed by atoms with Crippen LogP contribution in [-0.4, -0.2) is 19.2 Å². The van der Waals surface area contributed by atoms with E-state index >= 15 is 0 Å². The molecule has 1 aromatic carbocycles. The van der Waals surface area contributed by atoms with Crippen molar-refractivity contribution in [3.05, 3.63) is 48.2 Å². The van der Waals surface area contributed by atoms with Crippen LogP contribution in [0, 0.1) is 0 Å². The summed E-state index contributed by atoms with van der Waals surface area (Å²) in [6.45, 7) is 2.08. The third kappa shape index (κ3) is 3.16. The van der Waals surface area contributed by atoms with Gasteiger partial charge in [0.05, 0.1) is 19.9 Å². The van der Waals surface area contributed by atoms with Gasteiger partial charge in [0, 0.05) is 12.2 Å². The average Bonchev–Trinajstić information content (AvgIpc) is 2.47. The van der Waals surface area contributed by atoms with Crippen LogP contribution in [0.2, 0.25) is 0 Å². The van der Waals surface area contributed by atoms with Crippen LogP contribution in [0.15, 0.2) is 42.6 Å². The molecule has 1 unspecified atom stereocenters. The number of benzene rings is 1. The van der Waals surface area contributed by atoms with Gasteiger partial charge in [-0.05, 0) is 36.8 Å². The number of pyridine rings is 1. The number of rotatable bonds is 5. The molecule has 0 saturated heterocycles. The lowest BCUT2D eigenvalue weighted by Gasteiger charge is -2.17. The SMILES string of the molecule is COc1cccc(C(C)Nc2cccnc2OC)c1. The second-order valence-electron chi connectivity index (χ2n) is 4.20. The monoisotopic (exact) mass is 258 g/mol. The molecule has 1 N–H and O–H groups in total. The van der Waals surface area contributed by atoms with Gasteiger partial charge in [0.15, 0.2) is 0 Å². The van der Waals surface area contributed by atoms with E-state index in [1.807, 2.05) is 30.3 Å². The molecule has 2 aromatic rings. The van der Waals surface area contributed by atoms with Crippen LogP contribution in [0.25, 0.3) is 0 Å². The quantitative estimate of drug-likeness (QED) is 0.893. The first kappa shape index (κ1) is 13.2. The van der Waals surface area contributed by atoms with Crippen LogP contribution in [0.4, 0.5) is 5.69 Å². The minimum Gasteiger partial charge on any atom is -0.497 e. The maximum absolute atomic E-state index is 5.24. The van der Waals surface area contributed by atoms with Crippen LogP contribution in [0.3, 0.4) is 0 Å². The lowest BCUT2D eigenvalue weighted by Crippen LogP contribution is -2.08. The molecular weight excluding hydrogens is 240 g/mol. The van der Waals surface area contributed by atoms with Crippen molar-refractivity contribution in [1.82, 2.24) is 4.98 Å². The number of hydrogen-bond acceptors (Lipinski definition) is 4. The highest BCUT2D eigenvalue weighted by Crippen LogP contribution is 2.27. The second-order valence-corrected chi connectivity index (χ2v) is 4.20. The summed E-state index contributed by atoms with van der Waals surface area (Å²) in [5, 5.41) is 3.39. The van der Waals surface area contributed by atoms with E-state index in [0.29, 0.717) is 5.88 Å². The van der Waals surface area contributed by atoms with Crippen LogP contribution < -0.4 is 14.8 Å². The molecule has 0 spiro atoms. The maximum atomic E-state index is 5.24. The first-order valence-electron chi connectivity index (χ1n) is 6.14. The molecule has 0 saturated carbocycles. The molecular formula is C15H18N2O2. The highest BCUT2D eigenvalue weighted by molar-refractivity contribution is 5.53. The van der Waals surface area contributed by atoms with Crippen molar-refractivity contribution >= 4 is 5.69 Å². The van der Waals surface area contributed by atoms with Crippen LogP contribution >= 0.6 is 0 Å². The summed E-state index contributed by atoms with van der Waals surface area (Å²) < 4.78 is 10.5. The summed E-state index contributed by atoms with van der Waals surface area (Å²) >= 11 is 0. The van der Waals surface area contributed by atoms with E-state index in [1.165, 1.54) is 0 Å². The van der Waals surface area contributed by atoms with Gasteiger partial charge in [-0.1, -0.05) is 12.1 Å². The molecule has 0 aliphatic rings. The summed E-state index contributed by atoms with van der Waals surface area (Å²) in [6, 6.07) is 11.9. The summed E-state index contributed by atoms with van der Waals surface area (Å²) in [6.07, 6.45) is 1.71. The van der Waals surface area contributed by atoms with E-state index in [2.05, 4.69) is 23.3 Å². The van der Waals surface area contributed by atoms with Gasteiger partial charge in [-0.3, -0.25) is 0 Å². The number of ether oxygens (including phenoxy) is 2. The molecule has 100 valence electrons. The molecule has 4 nitrogen and oxygen atoms in total. The summed E-state index contributed by atoms with van der Waals surface area (Å²) in [4.78, 5) is 4.17. The van der Waals surface area contributed by atoms with Crippen LogP contribution in [-0.2, 0) is 0 Å². The van der Waals surface area contributed by atoms with Crippen molar-refractivity contribution in [2.75, 3.05) is 19.5 Å². The Labute approximate surface area is 113 Å². The molecule has 1 heterocycles. The molecule has 2 rings (SSSR count). The molecule has 0 aliphatic heterocycles. The van der Waals surface area contributed by atoms with Crippen molar-refractivity contribution in [1.29, 1.82) is 0 Å². The minimum atomic E-state index is 0.133. The lowest BCUT2D eigenvalue weighted by atomic mass is 10.1. The predicted molar refractivity (Wildman–Crippen MR) is 75.8 cm³/mol. The van der Waals surface area contributed by atoms with Gasteiger partial charge in [0.25, 0.3) is 0 Å². The zero-order valence-electron chi connectivity index (χ0n) is 11.4. The number of nitrogens with zero attached hydrogens (tertiary/aromatic N) is 1. The summed E-state index contributed by atoms with van der Waals surface area (Å²) in [5.74, 6) is 1.45. The summed E-state index contributed by atoms with van der Waals surface area (Å²) in [7, 11) is 3.28. The highest BCUT2D eigenvalue weighted by Gasteiger charge is 2.09. The molecule has 4 heteroatoms. The van der Waals surface area contributed by atoms with Crippen LogP contribution in [0.5, 0.6) is 11.6 Å². The Kier molecular flexibility index (Phi) is 4.23. The Hall–Kier alpha value is -2.23. The Morgan fingerprint density at radius 2 is 1.95 bits per heavy atom. The number of hydrogen-bond donors (Lipinski definition) is 1. The van der Waals surface area contributed by atoms with Crippen molar-refractivity contribution in [3.63, 3.8) is 0 Å². The highest BCUT2D eigenvalue weighted by atomic mass is 16.5. The number of nitrogens with one attached hydrogen (secondary N) is 1. The van der Waals surface area contributed by atoms with E-state index in [4.69, 9.17) is 9.47 Å². The van der Waals surface area contributed by atoms with Crippen LogP contribution in [0.1, 0.15) is 18.5 Å². The Morgan fingerprint density at radius 1 is 1.11 bits per heavy atom.